The number of esters is 1. The molecule has 1 aromatic carbocycles. The molecule has 17 heavy (non-hydrogen) atoms. The highest BCUT2D eigenvalue weighted by atomic mass is 79.9. The van der Waals surface area contributed by atoms with Crippen molar-refractivity contribution >= 4 is 21.9 Å². The first-order valence-electron chi connectivity index (χ1n) is 5.68. The van der Waals surface area contributed by atoms with Crippen molar-refractivity contribution < 1.29 is 9.53 Å². The quantitative estimate of drug-likeness (QED) is 0.854. The highest BCUT2D eigenvalue weighted by Crippen LogP contribution is 2.40. The summed E-state index contributed by atoms with van der Waals surface area (Å²) in [5.41, 5.74) is 6.52. The van der Waals surface area contributed by atoms with Crippen LogP contribution in [0.1, 0.15) is 30.7 Å². The first-order valence-corrected chi connectivity index (χ1v) is 6.47. The average Bonchev–Trinajstić information content (AvgIpc) is 2.72. The molecular formula is C13H16BrNO2. The summed E-state index contributed by atoms with van der Waals surface area (Å²) in [5, 5.41) is 0. The van der Waals surface area contributed by atoms with Crippen LogP contribution in [-0.2, 0) is 9.53 Å². The summed E-state index contributed by atoms with van der Waals surface area (Å²) in [6, 6.07) is 8.18. The van der Waals surface area contributed by atoms with Crippen LogP contribution < -0.4 is 5.73 Å². The number of methoxy groups -OCH3 is 1. The highest BCUT2D eigenvalue weighted by molar-refractivity contribution is 9.10. The fourth-order valence-electron chi connectivity index (χ4n) is 2.51. The normalized spacial score (nSPS) is 28.1. The van der Waals surface area contributed by atoms with E-state index in [4.69, 9.17) is 10.5 Å². The van der Waals surface area contributed by atoms with Crippen LogP contribution in [0.2, 0.25) is 0 Å². The molecule has 0 amide bonds. The Hall–Kier alpha value is -0.870. The van der Waals surface area contributed by atoms with E-state index in [0.717, 1.165) is 10.9 Å². The van der Waals surface area contributed by atoms with Gasteiger partial charge in [-0.2, -0.15) is 0 Å². The predicted molar refractivity (Wildman–Crippen MR) is 69.7 cm³/mol. The number of carbonyl (C=O) groups is 1. The topological polar surface area (TPSA) is 52.3 Å². The Labute approximate surface area is 109 Å². The van der Waals surface area contributed by atoms with Gasteiger partial charge >= 0.3 is 5.97 Å². The van der Waals surface area contributed by atoms with Gasteiger partial charge < -0.3 is 10.5 Å². The molecule has 0 aromatic heterocycles. The second-order valence-electron chi connectivity index (χ2n) is 4.64. The lowest BCUT2D eigenvalue weighted by atomic mass is 9.93. The van der Waals surface area contributed by atoms with E-state index in [1.807, 2.05) is 12.1 Å². The van der Waals surface area contributed by atoms with E-state index in [0.29, 0.717) is 18.8 Å². The molecule has 3 nitrogen and oxygen atoms in total. The molecule has 1 fully saturated rings. The van der Waals surface area contributed by atoms with Crippen molar-refractivity contribution in [3.05, 3.63) is 34.3 Å². The van der Waals surface area contributed by atoms with Crippen molar-refractivity contribution in [2.45, 2.75) is 30.7 Å². The Kier molecular flexibility index (Phi) is 3.54. The summed E-state index contributed by atoms with van der Waals surface area (Å²) in [4.78, 5) is 11.6. The van der Waals surface area contributed by atoms with E-state index in [1.54, 1.807) is 0 Å². The van der Waals surface area contributed by atoms with Crippen molar-refractivity contribution in [2.24, 2.45) is 5.73 Å². The number of rotatable bonds is 2. The van der Waals surface area contributed by atoms with Crippen LogP contribution >= 0.6 is 15.9 Å². The summed E-state index contributed by atoms with van der Waals surface area (Å²) in [7, 11) is 1.39. The van der Waals surface area contributed by atoms with Crippen molar-refractivity contribution in [3.8, 4) is 0 Å². The molecule has 4 heteroatoms. The third kappa shape index (κ3) is 2.53. The Morgan fingerprint density at radius 3 is 3.00 bits per heavy atom. The van der Waals surface area contributed by atoms with E-state index >= 15 is 0 Å². The lowest BCUT2D eigenvalue weighted by Gasteiger charge is -2.20. The van der Waals surface area contributed by atoms with Crippen molar-refractivity contribution in [1.29, 1.82) is 0 Å². The largest absolute Gasteiger partial charge is 0.468 e. The van der Waals surface area contributed by atoms with Gasteiger partial charge in [0.05, 0.1) is 7.11 Å². The lowest BCUT2D eigenvalue weighted by Crippen LogP contribution is -2.46. The van der Waals surface area contributed by atoms with Gasteiger partial charge in [0.2, 0.25) is 0 Å². The van der Waals surface area contributed by atoms with Crippen LogP contribution in [-0.4, -0.2) is 18.6 Å². The highest BCUT2D eigenvalue weighted by Gasteiger charge is 2.43. The summed E-state index contributed by atoms with van der Waals surface area (Å²) < 4.78 is 5.83. The third-order valence-corrected chi connectivity index (χ3v) is 3.95. The summed E-state index contributed by atoms with van der Waals surface area (Å²) in [5.74, 6) is 0.0478. The monoisotopic (exact) mass is 297 g/mol. The zero-order valence-electron chi connectivity index (χ0n) is 9.78. The number of nitrogens with two attached hydrogens (primary N) is 1. The van der Waals surface area contributed by atoms with Crippen molar-refractivity contribution in [2.75, 3.05) is 7.11 Å². The first-order chi connectivity index (χ1) is 8.05. The van der Waals surface area contributed by atoms with Gasteiger partial charge in [-0.15, -0.1) is 0 Å². The molecule has 1 aliphatic rings. The Morgan fingerprint density at radius 2 is 2.35 bits per heavy atom. The number of benzene rings is 1. The lowest BCUT2D eigenvalue weighted by molar-refractivity contribution is -0.146. The van der Waals surface area contributed by atoms with E-state index in [1.165, 1.54) is 12.7 Å². The van der Waals surface area contributed by atoms with E-state index in [-0.39, 0.29) is 5.97 Å². The second-order valence-corrected chi connectivity index (χ2v) is 5.56. The SMILES string of the molecule is COC(=O)[C@@]1(N)CC[C@H](c2cccc(Br)c2)C1. The Morgan fingerprint density at radius 1 is 1.59 bits per heavy atom. The van der Waals surface area contributed by atoms with E-state index in [9.17, 15) is 4.79 Å². The van der Waals surface area contributed by atoms with Gasteiger partial charge in [0.15, 0.2) is 0 Å². The molecule has 1 aromatic rings. The maximum absolute atomic E-state index is 11.6. The summed E-state index contributed by atoms with van der Waals surface area (Å²) in [6.45, 7) is 0. The van der Waals surface area contributed by atoms with Crippen LogP contribution in [0.3, 0.4) is 0 Å². The molecule has 2 atom stereocenters. The van der Waals surface area contributed by atoms with Crippen LogP contribution in [0.25, 0.3) is 0 Å². The predicted octanol–water partition coefficient (Wildman–Crippen LogP) is 2.59. The first kappa shape index (κ1) is 12.6. The van der Waals surface area contributed by atoms with Gasteiger partial charge in [0, 0.05) is 4.47 Å². The van der Waals surface area contributed by atoms with Gasteiger partial charge in [0.1, 0.15) is 5.54 Å². The van der Waals surface area contributed by atoms with E-state index in [2.05, 4.69) is 28.1 Å². The molecule has 0 spiro atoms. The molecule has 2 rings (SSSR count). The minimum absolute atomic E-state index is 0.296. The van der Waals surface area contributed by atoms with E-state index < -0.39 is 5.54 Å². The maximum atomic E-state index is 11.6. The van der Waals surface area contributed by atoms with Gasteiger partial charge in [-0.1, -0.05) is 28.1 Å². The van der Waals surface area contributed by atoms with Gasteiger partial charge in [-0.25, -0.2) is 0 Å². The minimum atomic E-state index is -0.804. The Balaban J connectivity index is 2.15. The Bertz CT molecular complexity index is 435. The van der Waals surface area contributed by atoms with Gasteiger partial charge in [-0.3, -0.25) is 4.79 Å². The second kappa shape index (κ2) is 4.78. The molecule has 0 unspecified atom stereocenters. The van der Waals surface area contributed by atoms with Gasteiger partial charge in [0.25, 0.3) is 0 Å². The zero-order chi connectivity index (χ0) is 12.5. The fraction of sp³-hybridized carbons (Fsp3) is 0.462. The number of hydrogen-bond donors (Lipinski definition) is 1. The number of hydrogen-bond acceptors (Lipinski definition) is 3. The van der Waals surface area contributed by atoms with Crippen LogP contribution in [0.4, 0.5) is 0 Å². The number of halogens is 1. The van der Waals surface area contributed by atoms with Crippen molar-refractivity contribution in [3.63, 3.8) is 0 Å². The molecule has 0 heterocycles. The molecule has 0 aliphatic heterocycles. The van der Waals surface area contributed by atoms with Crippen LogP contribution in [0.5, 0.6) is 0 Å². The molecule has 2 N–H and O–H groups in total. The smallest absolute Gasteiger partial charge is 0.325 e. The third-order valence-electron chi connectivity index (χ3n) is 3.46. The molecule has 1 saturated carbocycles. The summed E-state index contributed by atoms with van der Waals surface area (Å²) in [6.07, 6.45) is 2.29. The number of carbonyl (C=O) groups excluding carboxylic acids is 1. The average molecular weight is 298 g/mol. The zero-order valence-corrected chi connectivity index (χ0v) is 11.4. The fourth-order valence-corrected chi connectivity index (χ4v) is 2.93. The van der Waals surface area contributed by atoms with Crippen molar-refractivity contribution in [1.82, 2.24) is 0 Å². The van der Waals surface area contributed by atoms with Crippen LogP contribution in [0.15, 0.2) is 28.7 Å². The molecule has 92 valence electrons. The minimum Gasteiger partial charge on any atom is -0.468 e. The molecule has 0 bridgehead atoms. The van der Waals surface area contributed by atoms with Crippen LogP contribution in [0, 0.1) is 0 Å². The molecule has 0 saturated heterocycles. The van der Waals surface area contributed by atoms with Gasteiger partial charge in [-0.05, 0) is 42.9 Å². The standard InChI is InChI=1S/C13H16BrNO2/c1-17-12(16)13(15)6-5-10(8-13)9-3-2-4-11(14)7-9/h2-4,7,10H,5-6,8,15H2,1H3/t10-,13+/m0/s1. The maximum Gasteiger partial charge on any atom is 0.325 e. The number of ether oxygens (including phenoxy) is 1. The molecule has 1 aliphatic carbocycles. The molecule has 0 radical (unpaired) electrons. The summed E-state index contributed by atoms with van der Waals surface area (Å²) >= 11 is 3.46. The molecular weight excluding hydrogens is 282 g/mol.